The molecule has 2 aromatic carbocycles. The summed E-state index contributed by atoms with van der Waals surface area (Å²) < 4.78 is 14.3. The topological polar surface area (TPSA) is 55.1 Å². The highest BCUT2D eigenvalue weighted by Crippen LogP contribution is 2.30. The van der Waals surface area contributed by atoms with Crippen LogP contribution in [0.1, 0.15) is 19.4 Å². The van der Waals surface area contributed by atoms with E-state index in [1.54, 1.807) is 50.2 Å². The van der Waals surface area contributed by atoms with Crippen molar-refractivity contribution in [3.63, 3.8) is 0 Å². The molecule has 0 unspecified atom stereocenters. The molecular weight excluding hydrogens is 335 g/mol. The number of anilines is 2. The van der Waals surface area contributed by atoms with Crippen molar-refractivity contribution in [3.05, 3.63) is 58.3 Å². The van der Waals surface area contributed by atoms with Crippen LogP contribution in [0.4, 0.5) is 15.8 Å². The molecule has 3 N–H and O–H groups in total. The van der Waals surface area contributed by atoms with Crippen LogP contribution in [0.5, 0.6) is 0 Å². The van der Waals surface area contributed by atoms with Gasteiger partial charge in [0.15, 0.2) is 0 Å². The van der Waals surface area contributed by atoms with Crippen LogP contribution in [0.15, 0.2) is 46.9 Å². The number of carbonyl (C=O) groups excluding carboxylic acids is 1. The van der Waals surface area contributed by atoms with Crippen molar-refractivity contribution in [3.8, 4) is 0 Å². The van der Waals surface area contributed by atoms with Crippen LogP contribution in [0.25, 0.3) is 0 Å². The maximum atomic E-state index is 13.8. The Morgan fingerprint density at radius 2 is 1.81 bits per heavy atom. The first kappa shape index (κ1) is 15.5. The third-order valence-electron chi connectivity index (χ3n) is 3.40. The molecule has 0 saturated carbocycles. The lowest BCUT2D eigenvalue weighted by molar-refractivity contribution is -0.120. The largest absolute Gasteiger partial charge is 0.399 e. The minimum atomic E-state index is -0.810. The maximum Gasteiger partial charge on any atom is 0.234 e. The van der Waals surface area contributed by atoms with E-state index in [4.69, 9.17) is 5.73 Å². The van der Waals surface area contributed by atoms with E-state index in [-0.39, 0.29) is 11.6 Å². The summed E-state index contributed by atoms with van der Waals surface area (Å²) in [6.07, 6.45) is 0. The molecule has 3 nitrogen and oxygen atoms in total. The zero-order valence-electron chi connectivity index (χ0n) is 11.8. The fourth-order valence-electron chi connectivity index (χ4n) is 1.92. The predicted octanol–water partition coefficient (Wildman–Crippen LogP) is 4.09. The van der Waals surface area contributed by atoms with Crippen LogP contribution in [0, 0.1) is 5.82 Å². The van der Waals surface area contributed by atoms with Gasteiger partial charge >= 0.3 is 0 Å². The highest BCUT2D eigenvalue weighted by Gasteiger charge is 2.30. The smallest absolute Gasteiger partial charge is 0.234 e. The van der Waals surface area contributed by atoms with E-state index in [1.165, 1.54) is 6.07 Å². The summed E-state index contributed by atoms with van der Waals surface area (Å²) in [6, 6.07) is 11.6. The van der Waals surface area contributed by atoms with Crippen molar-refractivity contribution < 1.29 is 9.18 Å². The van der Waals surface area contributed by atoms with Gasteiger partial charge in [0, 0.05) is 10.2 Å². The average Bonchev–Trinajstić information content (AvgIpc) is 2.43. The molecule has 0 saturated heterocycles. The fourth-order valence-corrected chi connectivity index (χ4v) is 2.36. The number of nitrogens with one attached hydrogen (secondary N) is 1. The Bertz CT molecular complexity index is 648. The van der Waals surface area contributed by atoms with E-state index in [1.807, 2.05) is 0 Å². The first-order valence-electron chi connectivity index (χ1n) is 6.44. The number of halogens is 2. The minimum absolute atomic E-state index is 0.144. The summed E-state index contributed by atoms with van der Waals surface area (Å²) >= 11 is 3.24. The van der Waals surface area contributed by atoms with Gasteiger partial charge < -0.3 is 11.1 Å². The van der Waals surface area contributed by atoms with Crippen LogP contribution < -0.4 is 11.1 Å². The number of hydrogen-bond acceptors (Lipinski definition) is 2. The molecule has 2 aromatic rings. The van der Waals surface area contributed by atoms with Gasteiger partial charge in [-0.2, -0.15) is 0 Å². The summed E-state index contributed by atoms with van der Waals surface area (Å²) in [6.45, 7) is 3.56. The second-order valence-electron chi connectivity index (χ2n) is 5.30. The number of para-hydroxylation sites is 1. The second kappa shape index (κ2) is 5.85. The summed E-state index contributed by atoms with van der Waals surface area (Å²) in [4.78, 5) is 12.5. The SMILES string of the molecule is CC(C)(C(=O)Nc1c(F)cccc1Br)c1ccc(N)cc1. The third kappa shape index (κ3) is 3.24. The summed E-state index contributed by atoms with van der Waals surface area (Å²) in [7, 11) is 0. The minimum Gasteiger partial charge on any atom is -0.399 e. The lowest BCUT2D eigenvalue weighted by Gasteiger charge is -2.24. The van der Waals surface area contributed by atoms with E-state index >= 15 is 0 Å². The number of nitrogens with two attached hydrogens (primary N) is 1. The molecule has 0 aliphatic heterocycles. The van der Waals surface area contributed by atoms with E-state index < -0.39 is 11.2 Å². The van der Waals surface area contributed by atoms with Gasteiger partial charge in [-0.3, -0.25) is 4.79 Å². The molecule has 0 heterocycles. The molecule has 0 fully saturated rings. The summed E-state index contributed by atoms with van der Waals surface area (Å²) in [5, 5.41) is 2.64. The van der Waals surface area contributed by atoms with Crippen LogP contribution in [0.2, 0.25) is 0 Å². The Labute approximate surface area is 131 Å². The molecule has 110 valence electrons. The van der Waals surface area contributed by atoms with Gasteiger partial charge in [-0.05, 0) is 59.6 Å². The fraction of sp³-hybridized carbons (Fsp3) is 0.188. The molecule has 0 spiro atoms. The van der Waals surface area contributed by atoms with E-state index in [0.29, 0.717) is 10.2 Å². The number of hydrogen-bond donors (Lipinski definition) is 2. The van der Waals surface area contributed by atoms with Crippen LogP contribution in [0.3, 0.4) is 0 Å². The molecule has 21 heavy (non-hydrogen) atoms. The predicted molar refractivity (Wildman–Crippen MR) is 86.6 cm³/mol. The Morgan fingerprint density at radius 1 is 1.19 bits per heavy atom. The molecule has 0 aliphatic carbocycles. The van der Waals surface area contributed by atoms with Gasteiger partial charge in [0.2, 0.25) is 5.91 Å². The molecule has 0 aromatic heterocycles. The Morgan fingerprint density at radius 3 is 2.38 bits per heavy atom. The van der Waals surface area contributed by atoms with Crippen molar-refractivity contribution in [1.29, 1.82) is 0 Å². The molecule has 0 aliphatic rings. The van der Waals surface area contributed by atoms with Gasteiger partial charge in [0.1, 0.15) is 5.82 Å². The normalized spacial score (nSPS) is 11.2. The van der Waals surface area contributed by atoms with Gasteiger partial charge in [-0.15, -0.1) is 0 Å². The molecule has 0 radical (unpaired) electrons. The molecule has 2 rings (SSSR count). The molecule has 1 amide bonds. The van der Waals surface area contributed by atoms with Gasteiger partial charge in [-0.1, -0.05) is 18.2 Å². The lowest BCUT2D eigenvalue weighted by atomic mass is 9.83. The second-order valence-corrected chi connectivity index (χ2v) is 6.15. The molecule has 0 atom stereocenters. The Balaban J connectivity index is 2.28. The maximum absolute atomic E-state index is 13.8. The van der Waals surface area contributed by atoms with Gasteiger partial charge in [0.25, 0.3) is 0 Å². The number of benzene rings is 2. The number of amides is 1. The quantitative estimate of drug-likeness (QED) is 0.819. The van der Waals surface area contributed by atoms with Crippen molar-refractivity contribution in [1.82, 2.24) is 0 Å². The zero-order chi connectivity index (χ0) is 15.6. The van der Waals surface area contributed by atoms with E-state index in [2.05, 4.69) is 21.2 Å². The van der Waals surface area contributed by atoms with Crippen molar-refractivity contribution in [2.45, 2.75) is 19.3 Å². The number of nitrogen functional groups attached to an aromatic ring is 1. The van der Waals surface area contributed by atoms with E-state index in [0.717, 1.165) is 5.56 Å². The highest BCUT2D eigenvalue weighted by atomic mass is 79.9. The van der Waals surface area contributed by atoms with Crippen molar-refractivity contribution in [2.24, 2.45) is 0 Å². The first-order chi connectivity index (χ1) is 9.82. The Kier molecular flexibility index (Phi) is 4.32. The summed E-state index contributed by atoms with van der Waals surface area (Å²) in [5.74, 6) is -0.774. The Hall–Kier alpha value is -1.88. The number of rotatable bonds is 3. The molecule has 5 heteroatoms. The van der Waals surface area contributed by atoms with Crippen molar-refractivity contribution in [2.75, 3.05) is 11.1 Å². The monoisotopic (exact) mass is 350 g/mol. The van der Waals surface area contributed by atoms with Gasteiger partial charge in [-0.25, -0.2) is 4.39 Å². The van der Waals surface area contributed by atoms with Gasteiger partial charge in [0.05, 0.1) is 11.1 Å². The van der Waals surface area contributed by atoms with E-state index in [9.17, 15) is 9.18 Å². The van der Waals surface area contributed by atoms with Crippen molar-refractivity contribution >= 4 is 33.2 Å². The summed E-state index contributed by atoms with van der Waals surface area (Å²) in [5.41, 5.74) is 6.43. The first-order valence-corrected chi connectivity index (χ1v) is 7.23. The van der Waals surface area contributed by atoms with Crippen LogP contribution in [-0.4, -0.2) is 5.91 Å². The standard InChI is InChI=1S/C16H16BrFN2O/c1-16(2,10-6-8-11(19)9-7-10)15(21)20-14-12(17)4-3-5-13(14)18/h3-9H,19H2,1-2H3,(H,20,21). The van der Waals surface area contributed by atoms with Crippen LogP contribution >= 0.6 is 15.9 Å². The zero-order valence-corrected chi connectivity index (χ0v) is 13.4. The number of carbonyl (C=O) groups is 1. The molecular formula is C16H16BrFN2O. The third-order valence-corrected chi connectivity index (χ3v) is 4.06. The molecule has 0 bridgehead atoms. The lowest BCUT2D eigenvalue weighted by Crippen LogP contribution is -2.35. The highest BCUT2D eigenvalue weighted by molar-refractivity contribution is 9.10. The van der Waals surface area contributed by atoms with Crippen LogP contribution in [-0.2, 0) is 10.2 Å². The average molecular weight is 351 g/mol.